The van der Waals surface area contributed by atoms with Crippen LogP contribution in [-0.2, 0) is 0 Å². The van der Waals surface area contributed by atoms with E-state index in [2.05, 4.69) is 13.8 Å². The summed E-state index contributed by atoms with van der Waals surface area (Å²) in [6.45, 7) is 4.61. The van der Waals surface area contributed by atoms with Crippen LogP contribution in [0.3, 0.4) is 0 Å². The molecule has 0 bridgehead atoms. The smallest absolute Gasteiger partial charge is 0.0923 e. The Bertz CT molecular complexity index is 236. The molecule has 0 aromatic heterocycles. The molecule has 1 saturated carbocycles. The minimum absolute atomic E-state index is 0.313. The standard InChI is InChI=1S/C12H23NOS/c1-10(2)3-5-11(13,6-4-10)12(14)7-8-15-9-12/h14H,3-9,13H2,1-2H3. The summed E-state index contributed by atoms with van der Waals surface area (Å²) in [5.74, 6) is 1.91. The van der Waals surface area contributed by atoms with Crippen molar-refractivity contribution in [2.75, 3.05) is 11.5 Å². The molecule has 0 aromatic rings. The Morgan fingerprint density at radius 1 is 1.07 bits per heavy atom. The minimum Gasteiger partial charge on any atom is -0.387 e. The number of aliphatic hydroxyl groups is 1. The van der Waals surface area contributed by atoms with Gasteiger partial charge in [0.05, 0.1) is 5.60 Å². The maximum absolute atomic E-state index is 10.6. The molecule has 2 rings (SSSR count). The van der Waals surface area contributed by atoms with Crippen LogP contribution < -0.4 is 5.73 Å². The third-order valence-corrected chi connectivity index (χ3v) is 5.60. The largest absolute Gasteiger partial charge is 0.387 e. The van der Waals surface area contributed by atoms with Crippen molar-refractivity contribution < 1.29 is 5.11 Å². The summed E-state index contributed by atoms with van der Waals surface area (Å²) in [7, 11) is 0. The van der Waals surface area contributed by atoms with Gasteiger partial charge in [-0.2, -0.15) is 11.8 Å². The summed E-state index contributed by atoms with van der Waals surface area (Å²) >= 11 is 1.84. The topological polar surface area (TPSA) is 46.2 Å². The predicted octanol–water partition coefficient (Wildman–Crippen LogP) is 2.15. The summed E-state index contributed by atoms with van der Waals surface area (Å²) < 4.78 is 0. The highest BCUT2D eigenvalue weighted by Gasteiger charge is 2.51. The predicted molar refractivity (Wildman–Crippen MR) is 66.1 cm³/mol. The van der Waals surface area contributed by atoms with Crippen LogP contribution in [0.5, 0.6) is 0 Å². The monoisotopic (exact) mass is 229 g/mol. The van der Waals surface area contributed by atoms with Gasteiger partial charge in [0.25, 0.3) is 0 Å². The van der Waals surface area contributed by atoms with Gasteiger partial charge in [-0.25, -0.2) is 0 Å². The number of nitrogens with two attached hydrogens (primary N) is 1. The molecule has 1 unspecified atom stereocenters. The quantitative estimate of drug-likeness (QED) is 0.724. The molecule has 88 valence electrons. The molecule has 0 aromatic carbocycles. The molecule has 1 heterocycles. The van der Waals surface area contributed by atoms with Gasteiger partial charge in [0, 0.05) is 11.3 Å². The molecule has 0 radical (unpaired) electrons. The van der Waals surface area contributed by atoms with E-state index in [1.807, 2.05) is 11.8 Å². The molecule has 1 saturated heterocycles. The van der Waals surface area contributed by atoms with Crippen molar-refractivity contribution in [2.45, 2.75) is 57.1 Å². The van der Waals surface area contributed by atoms with Crippen LogP contribution in [0.15, 0.2) is 0 Å². The van der Waals surface area contributed by atoms with Crippen molar-refractivity contribution in [3.63, 3.8) is 0 Å². The van der Waals surface area contributed by atoms with Crippen molar-refractivity contribution in [2.24, 2.45) is 11.1 Å². The molecule has 1 atom stereocenters. The number of thioether (sulfide) groups is 1. The zero-order valence-corrected chi connectivity index (χ0v) is 10.7. The fraction of sp³-hybridized carbons (Fsp3) is 1.00. The lowest BCUT2D eigenvalue weighted by molar-refractivity contribution is -0.0437. The fourth-order valence-corrected chi connectivity index (χ4v) is 4.18. The molecule has 3 N–H and O–H groups in total. The van der Waals surface area contributed by atoms with E-state index >= 15 is 0 Å². The van der Waals surface area contributed by atoms with E-state index in [0.717, 1.165) is 43.6 Å². The Morgan fingerprint density at radius 3 is 2.13 bits per heavy atom. The van der Waals surface area contributed by atoms with Crippen molar-refractivity contribution in [1.82, 2.24) is 0 Å². The van der Waals surface area contributed by atoms with Gasteiger partial charge in [-0.15, -0.1) is 0 Å². The first kappa shape index (κ1) is 11.7. The molecule has 1 aliphatic heterocycles. The molecular formula is C12H23NOS. The van der Waals surface area contributed by atoms with Crippen LogP contribution in [0.25, 0.3) is 0 Å². The molecule has 2 nitrogen and oxygen atoms in total. The zero-order chi connectivity index (χ0) is 11.2. The van der Waals surface area contributed by atoms with Crippen LogP contribution in [-0.4, -0.2) is 27.8 Å². The third-order valence-electron chi connectivity index (χ3n) is 4.42. The lowest BCUT2D eigenvalue weighted by atomic mass is 9.63. The highest BCUT2D eigenvalue weighted by Crippen LogP contribution is 2.47. The number of rotatable bonds is 1. The first-order chi connectivity index (χ1) is 6.87. The van der Waals surface area contributed by atoms with Gasteiger partial charge < -0.3 is 10.8 Å². The first-order valence-electron chi connectivity index (χ1n) is 5.96. The molecule has 3 heteroatoms. The van der Waals surface area contributed by atoms with Crippen molar-refractivity contribution in [1.29, 1.82) is 0 Å². The van der Waals surface area contributed by atoms with E-state index in [-0.39, 0.29) is 5.54 Å². The lowest BCUT2D eigenvalue weighted by Gasteiger charge is -2.48. The second kappa shape index (κ2) is 3.64. The number of hydrogen-bond donors (Lipinski definition) is 2. The maximum atomic E-state index is 10.6. The summed E-state index contributed by atoms with van der Waals surface area (Å²) in [6.07, 6.45) is 5.15. The van der Waals surface area contributed by atoms with E-state index in [1.165, 1.54) is 0 Å². The van der Waals surface area contributed by atoms with Crippen LogP contribution in [0.4, 0.5) is 0 Å². The van der Waals surface area contributed by atoms with Gasteiger partial charge in [0.15, 0.2) is 0 Å². The van der Waals surface area contributed by atoms with Crippen molar-refractivity contribution in [3.05, 3.63) is 0 Å². The zero-order valence-electron chi connectivity index (χ0n) is 9.88. The van der Waals surface area contributed by atoms with Gasteiger partial charge in [-0.05, 0) is 43.3 Å². The average Bonchev–Trinajstić information content (AvgIpc) is 2.60. The summed E-state index contributed by atoms with van der Waals surface area (Å²) in [6, 6.07) is 0. The highest BCUT2D eigenvalue weighted by molar-refractivity contribution is 7.99. The molecule has 0 spiro atoms. The van der Waals surface area contributed by atoms with Gasteiger partial charge in [0.2, 0.25) is 0 Å². The molecule has 15 heavy (non-hydrogen) atoms. The second-order valence-corrected chi connectivity index (χ2v) is 7.26. The normalized spacial score (nSPS) is 39.2. The minimum atomic E-state index is -0.589. The van der Waals surface area contributed by atoms with Gasteiger partial charge in [-0.1, -0.05) is 13.8 Å². The molecule has 0 amide bonds. The molecule has 2 aliphatic rings. The Balaban J connectivity index is 2.08. The van der Waals surface area contributed by atoms with E-state index in [0.29, 0.717) is 5.41 Å². The van der Waals surface area contributed by atoms with Crippen LogP contribution in [0.1, 0.15) is 46.0 Å². The Hall–Kier alpha value is 0.270. The maximum Gasteiger partial charge on any atom is 0.0923 e. The lowest BCUT2D eigenvalue weighted by Crippen LogP contribution is -2.62. The molecular weight excluding hydrogens is 206 g/mol. The van der Waals surface area contributed by atoms with Crippen molar-refractivity contribution in [3.8, 4) is 0 Å². The van der Waals surface area contributed by atoms with Crippen molar-refractivity contribution >= 4 is 11.8 Å². The summed E-state index contributed by atoms with van der Waals surface area (Å²) in [5.41, 5.74) is 5.98. The van der Waals surface area contributed by atoms with Crippen LogP contribution in [0, 0.1) is 5.41 Å². The Morgan fingerprint density at radius 2 is 1.67 bits per heavy atom. The van der Waals surface area contributed by atoms with E-state index < -0.39 is 5.60 Å². The number of hydrogen-bond acceptors (Lipinski definition) is 3. The molecule has 2 fully saturated rings. The summed E-state index contributed by atoms with van der Waals surface area (Å²) in [5, 5.41) is 10.6. The van der Waals surface area contributed by atoms with E-state index in [1.54, 1.807) is 0 Å². The Labute approximate surface area is 97.0 Å². The average molecular weight is 229 g/mol. The fourth-order valence-electron chi connectivity index (χ4n) is 2.79. The van der Waals surface area contributed by atoms with E-state index in [9.17, 15) is 5.11 Å². The van der Waals surface area contributed by atoms with Gasteiger partial charge in [-0.3, -0.25) is 0 Å². The third kappa shape index (κ3) is 2.06. The van der Waals surface area contributed by atoms with Crippen LogP contribution in [0.2, 0.25) is 0 Å². The van der Waals surface area contributed by atoms with Crippen LogP contribution >= 0.6 is 11.8 Å². The van der Waals surface area contributed by atoms with Gasteiger partial charge >= 0.3 is 0 Å². The SMILES string of the molecule is CC1(C)CCC(N)(C2(O)CCSC2)CC1. The van der Waals surface area contributed by atoms with E-state index in [4.69, 9.17) is 5.73 Å². The Kier molecular flexibility index (Phi) is 2.85. The summed E-state index contributed by atoms with van der Waals surface area (Å²) in [4.78, 5) is 0. The molecule has 1 aliphatic carbocycles. The highest BCUT2D eigenvalue weighted by atomic mass is 32.2. The van der Waals surface area contributed by atoms with Gasteiger partial charge in [0.1, 0.15) is 0 Å². The first-order valence-corrected chi connectivity index (χ1v) is 7.12. The second-order valence-electron chi connectivity index (χ2n) is 6.15.